The first-order chi connectivity index (χ1) is 16.9. The van der Waals surface area contributed by atoms with E-state index in [2.05, 4.69) is 41.5 Å². The van der Waals surface area contributed by atoms with Crippen molar-refractivity contribution in [2.24, 2.45) is 0 Å². The Kier molecular flexibility index (Phi) is 8.14. The van der Waals surface area contributed by atoms with E-state index in [1.54, 1.807) is 11.8 Å². The van der Waals surface area contributed by atoms with Gasteiger partial charge >= 0.3 is 0 Å². The first-order valence-electron chi connectivity index (χ1n) is 11.0. The van der Waals surface area contributed by atoms with E-state index in [4.69, 9.17) is 4.74 Å². The Morgan fingerprint density at radius 1 is 1.09 bits per heavy atom. The summed E-state index contributed by atoms with van der Waals surface area (Å²) in [6.07, 6.45) is 0.671. The topological polar surface area (TPSA) is 94.8 Å². The highest BCUT2D eigenvalue weighted by Crippen LogP contribution is 2.24. The Morgan fingerprint density at radius 2 is 1.83 bits per heavy atom. The van der Waals surface area contributed by atoms with Crippen LogP contribution < -0.4 is 10.1 Å². The summed E-state index contributed by atoms with van der Waals surface area (Å²) >= 11 is 4.91. The average Bonchev–Trinajstić information content (AvgIpc) is 3.27. The van der Waals surface area contributed by atoms with Crippen molar-refractivity contribution in [3.63, 3.8) is 0 Å². The van der Waals surface area contributed by atoms with Crippen molar-refractivity contribution in [3.8, 4) is 11.4 Å². The zero-order valence-electron chi connectivity index (χ0n) is 19.7. The SMILES string of the molecule is COc1cccc(CCNC(=O)c2nnn(-c3ccc(Br)cc3)c2CSc2nc(C)cc(C)n2)c1. The summed E-state index contributed by atoms with van der Waals surface area (Å²) in [5.41, 5.74) is 4.65. The van der Waals surface area contributed by atoms with Gasteiger partial charge in [-0.15, -0.1) is 5.10 Å². The molecule has 2 aromatic carbocycles. The largest absolute Gasteiger partial charge is 0.497 e. The molecule has 35 heavy (non-hydrogen) atoms. The van der Waals surface area contributed by atoms with Crippen LogP contribution >= 0.6 is 27.7 Å². The van der Waals surface area contributed by atoms with Crippen molar-refractivity contribution in [1.82, 2.24) is 30.3 Å². The molecule has 2 heterocycles. The fraction of sp³-hybridized carbons (Fsp3) is 0.240. The van der Waals surface area contributed by atoms with Gasteiger partial charge < -0.3 is 10.1 Å². The van der Waals surface area contributed by atoms with Crippen LogP contribution in [0.15, 0.2) is 64.2 Å². The van der Waals surface area contributed by atoms with E-state index < -0.39 is 0 Å². The Bertz CT molecular complexity index is 1310. The van der Waals surface area contributed by atoms with E-state index >= 15 is 0 Å². The van der Waals surface area contributed by atoms with Gasteiger partial charge in [-0.2, -0.15) is 0 Å². The number of aryl methyl sites for hydroxylation is 2. The van der Waals surface area contributed by atoms with Crippen molar-refractivity contribution in [3.05, 3.63) is 87.4 Å². The van der Waals surface area contributed by atoms with Gasteiger partial charge in [0.1, 0.15) is 5.75 Å². The lowest BCUT2D eigenvalue weighted by molar-refractivity contribution is 0.0948. The summed E-state index contributed by atoms with van der Waals surface area (Å²) in [7, 11) is 1.64. The Balaban J connectivity index is 1.54. The van der Waals surface area contributed by atoms with E-state index in [0.29, 0.717) is 29.6 Å². The fourth-order valence-electron chi connectivity index (χ4n) is 3.52. The predicted molar refractivity (Wildman–Crippen MR) is 139 cm³/mol. The summed E-state index contributed by atoms with van der Waals surface area (Å²) in [4.78, 5) is 22.1. The predicted octanol–water partition coefficient (Wildman–Crippen LogP) is 4.71. The number of nitrogens with one attached hydrogen (secondary N) is 1. The molecule has 4 aromatic rings. The third-order valence-corrected chi connectivity index (χ3v) is 6.57. The van der Waals surface area contributed by atoms with Gasteiger partial charge in [-0.05, 0) is 68.3 Å². The molecule has 0 aliphatic rings. The van der Waals surface area contributed by atoms with Crippen LogP contribution in [0.4, 0.5) is 0 Å². The summed E-state index contributed by atoms with van der Waals surface area (Å²) in [5, 5.41) is 12.1. The van der Waals surface area contributed by atoms with Crippen molar-refractivity contribution < 1.29 is 9.53 Å². The fourth-order valence-corrected chi connectivity index (χ4v) is 4.73. The van der Waals surface area contributed by atoms with Crippen molar-refractivity contribution in [2.75, 3.05) is 13.7 Å². The third kappa shape index (κ3) is 6.46. The summed E-state index contributed by atoms with van der Waals surface area (Å²) in [5.74, 6) is 0.956. The number of halogens is 1. The summed E-state index contributed by atoms with van der Waals surface area (Å²) in [6.45, 7) is 4.34. The molecule has 4 rings (SSSR count). The molecule has 0 saturated carbocycles. The van der Waals surface area contributed by atoms with Crippen LogP contribution in [-0.4, -0.2) is 44.5 Å². The number of methoxy groups -OCH3 is 1. The highest BCUT2D eigenvalue weighted by molar-refractivity contribution is 9.10. The van der Waals surface area contributed by atoms with Crippen LogP contribution in [-0.2, 0) is 12.2 Å². The van der Waals surface area contributed by atoms with Gasteiger partial charge in [0.25, 0.3) is 5.91 Å². The number of aromatic nitrogens is 5. The molecular weight excluding hydrogens is 528 g/mol. The molecule has 180 valence electrons. The summed E-state index contributed by atoms with van der Waals surface area (Å²) in [6, 6.07) is 17.4. The zero-order valence-corrected chi connectivity index (χ0v) is 22.1. The normalized spacial score (nSPS) is 10.9. The lowest BCUT2D eigenvalue weighted by atomic mass is 10.1. The Morgan fingerprint density at radius 3 is 2.54 bits per heavy atom. The third-order valence-electron chi connectivity index (χ3n) is 5.18. The van der Waals surface area contributed by atoms with Crippen LogP contribution in [0.1, 0.15) is 33.1 Å². The van der Waals surface area contributed by atoms with Crippen LogP contribution in [0.25, 0.3) is 5.69 Å². The molecule has 0 unspecified atom stereocenters. The molecule has 8 nitrogen and oxygen atoms in total. The molecule has 0 bridgehead atoms. The average molecular weight is 553 g/mol. The molecule has 10 heteroatoms. The second-order valence-electron chi connectivity index (χ2n) is 7.85. The quantitative estimate of drug-likeness (QED) is 0.237. The van der Waals surface area contributed by atoms with E-state index in [0.717, 1.165) is 32.9 Å². The van der Waals surface area contributed by atoms with Crippen LogP contribution in [0, 0.1) is 13.8 Å². The minimum Gasteiger partial charge on any atom is -0.497 e. The molecular formula is C25H25BrN6O2S. The number of nitrogens with zero attached hydrogens (tertiary/aromatic N) is 5. The maximum Gasteiger partial charge on any atom is 0.273 e. The monoisotopic (exact) mass is 552 g/mol. The molecule has 0 radical (unpaired) electrons. The van der Waals surface area contributed by atoms with Gasteiger partial charge in [0.15, 0.2) is 10.9 Å². The van der Waals surface area contributed by atoms with E-state index in [-0.39, 0.29) is 11.6 Å². The molecule has 0 spiro atoms. The lowest BCUT2D eigenvalue weighted by Gasteiger charge is -2.09. The molecule has 1 amide bonds. The Labute approximate surface area is 216 Å². The van der Waals surface area contributed by atoms with Crippen molar-refractivity contribution in [2.45, 2.75) is 31.2 Å². The Hall–Kier alpha value is -3.24. The molecule has 0 aliphatic heterocycles. The maximum atomic E-state index is 13.1. The van der Waals surface area contributed by atoms with Crippen LogP contribution in [0.5, 0.6) is 5.75 Å². The number of rotatable bonds is 9. The number of hydrogen-bond acceptors (Lipinski definition) is 7. The van der Waals surface area contributed by atoms with Crippen molar-refractivity contribution >= 4 is 33.6 Å². The molecule has 0 aliphatic carbocycles. The van der Waals surface area contributed by atoms with E-state index in [1.165, 1.54) is 11.8 Å². The minimum absolute atomic E-state index is 0.270. The van der Waals surface area contributed by atoms with Crippen LogP contribution in [0.3, 0.4) is 0 Å². The van der Waals surface area contributed by atoms with Crippen LogP contribution in [0.2, 0.25) is 0 Å². The van der Waals surface area contributed by atoms with Gasteiger partial charge in [0, 0.05) is 28.2 Å². The number of thioether (sulfide) groups is 1. The highest BCUT2D eigenvalue weighted by atomic mass is 79.9. The second kappa shape index (κ2) is 11.5. The number of carbonyl (C=O) groups excluding carboxylic acids is 1. The second-order valence-corrected chi connectivity index (χ2v) is 9.71. The van der Waals surface area contributed by atoms with Crippen molar-refractivity contribution in [1.29, 1.82) is 0 Å². The lowest BCUT2D eigenvalue weighted by Crippen LogP contribution is -2.27. The van der Waals surface area contributed by atoms with Gasteiger partial charge in [-0.3, -0.25) is 4.79 Å². The van der Waals surface area contributed by atoms with E-state index in [1.807, 2.05) is 68.4 Å². The zero-order chi connectivity index (χ0) is 24.8. The molecule has 1 N–H and O–H groups in total. The molecule has 0 fully saturated rings. The number of carbonyl (C=O) groups is 1. The number of hydrogen-bond donors (Lipinski definition) is 1. The van der Waals surface area contributed by atoms with Gasteiger partial charge in [-0.1, -0.05) is 45.0 Å². The molecule has 0 atom stereocenters. The first kappa shape index (κ1) is 24.9. The summed E-state index contributed by atoms with van der Waals surface area (Å²) < 4.78 is 7.92. The maximum absolute atomic E-state index is 13.1. The molecule has 0 saturated heterocycles. The van der Waals surface area contributed by atoms with Gasteiger partial charge in [0.2, 0.25) is 0 Å². The minimum atomic E-state index is -0.270. The smallest absolute Gasteiger partial charge is 0.273 e. The standard InChI is InChI=1S/C25H25BrN6O2S/c1-16-13-17(2)29-25(28-16)35-15-22-23(30-31-32(22)20-9-7-19(26)8-10-20)24(33)27-12-11-18-5-4-6-21(14-18)34-3/h4-10,13-14H,11-12,15H2,1-3H3,(H,27,33). The first-order valence-corrected chi connectivity index (χ1v) is 12.8. The molecule has 2 aromatic heterocycles. The van der Waals surface area contributed by atoms with Gasteiger partial charge in [0.05, 0.1) is 18.5 Å². The number of amides is 1. The number of ether oxygens (including phenoxy) is 1. The highest BCUT2D eigenvalue weighted by Gasteiger charge is 2.21. The van der Waals surface area contributed by atoms with Gasteiger partial charge in [-0.25, -0.2) is 14.6 Å². The van der Waals surface area contributed by atoms with E-state index in [9.17, 15) is 4.79 Å². The number of benzene rings is 2.